The van der Waals surface area contributed by atoms with Crippen LogP contribution in [0.15, 0.2) is 0 Å². The Hall–Kier alpha value is -1.38. The summed E-state index contributed by atoms with van der Waals surface area (Å²) in [6.45, 7) is 3.53. The number of carbonyl (C=O) groups excluding carboxylic acids is 1. The van der Waals surface area contributed by atoms with E-state index in [1.54, 1.807) is 0 Å². The second kappa shape index (κ2) is 9.19. The Balaban J connectivity index is 0. The van der Waals surface area contributed by atoms with Crippen molar-refractivity contribution >= 4 is 11.8 Å². The van der Waals surface area contributed by atoms with E-state index in [9.17, 15) is 9.59 Å². The van der Waals surface area contributed by atoms with Gasteiger partial charge in [0, 0.05) is 6.92 Å². The average Bonchev–Trinajstić information content (AvgIpc) is 2.03. The monoisotopic (exact) mass is 214 g/mol. The summed E-state index contributed by atoms with van der Waals surface area (Å²) in [6, 6.07) is -0.731. The van der Waals surface area contributed by atoms with Crippen molar-refractivity contribution in [3.8, 4) is 11.8 Å². The van der Waals surface area contributed by atoms with Crippen molar-refractivity contribution in [2.45, 2.75) is 19.9 Å². The molecule has 0 spiro atoms. The van der Waals surface area contributed by atoms with Gasteiger partial charge in [0.25, 0.3) is 0 Å². The van der Waals surface area contributed by atoms with E-state index in [2.05, 4.69) is 11.8 Å². The van der Waals surface area contributed by atoms with Crippen LogP contribution in [-0.4, -0.2) is 48.4 Å². The summed E-state index contributed by atoms with van der Waals surface area (Å²) >= 11 is 0. The molecule has 3 N–H and O–H groups in total. The molecule has 0 saturated heterocycles. The molecule has 1 atom stereocenters. The molecule has 0 amide bonds. The Morgan fingerprint density at radius 1 is 1.47 bits per heavy atom. The van der Waals surface area contributed by atoms with Gasteiger partial charge in [0.05, 0.1) is 6.54 Å². The predicted octanol–water partition coefficient (Wildman–Crippen LogP) is -0.441. The lowest BCUT2D eigenvalue weighted by Crippen LogP contribution is -2.25. The van der Waals surface area contributed by atoms with Crippen LogP contribution in [0.4, 0.5) is 0 Å². The van der Waals surface area contributed by atoms with Crippen LogP contribution in [0.5, 0.6) is 0 Å². The highest BCUT2D eigenvalue weighted by molar-refractivity contribution is 5.93. The second-order valence-electron chi connectivity index (χ2n) is 3.22. The fourth-order valence-electron chi connectivity index (χ4n) is 0.322. The molecule has 0 unspecified atom stereocenters. The maximum Gasteiger partial charge on any atom is 0.320 e. The fourth-order valence-corrected chi connectivity index (χ4v) is 0.322. The SMILES string of the molecule is CC(=O)C#CCN(C)C.C[C@H](N)C(=O)O. The third-order valence-corrected chi connectivity index (χ3v) is 1.05. The third kappa shape index (κ3) is 19.2. The van der Waals surface area contributed by atoms with Gasteiger partial charge in [-0.2, -0.15) is 0 Å². The Kier molecular flexibility index (Phi) is 9.84. The summed E-state index contributed by atoms with van der Waals surface area (Å²) in [4.78, 5) is 21.7. The summed E-state index contributed by atoms with van der Waals surface area (Å²) in [7, 11) is 3.82. The van der Waals surface area contributed by atoms with Gasteiger partial charge in [-0.1, -0.05) is 5.92 Å². The highest BCUT2D eigenvalue weighted by Gasteiger charge is 1.99. The van der Waals surface area contributed by atoms with Crippen molar-refractivity contribution in [1.82, 2.24) is 4.90 Å². The lowest BCUT2D eigenvalue weighted by atomic mass is 10.4. The first-order valence-corrected chi connectivity index (χ1v) is 4.40. The van der Waals surface area contributed by atoms with Gasteiger partial charge in [0.1, 0.15) is 6.04 Å². The van der Waals surface area contributed by atoms with E-state index >= 15 is 0 Å². The molecule has 0 aliphatic rings. The molecule has 5 nitrogen and oxygen atoms in total. The van der Waals surface area contributed by atoms with Crippen LogP contribution in [-0.2, 0) is 9.59 Å². The summed E-state index contributed by atoms with van der Waals surface area (Å²) in [6.07, 6.45) is 0. The van der Waals surface area contributed by atoms with Crippen molar-refractivity contribution in [2.75, 3.05) is 20.6 Å². The molecule has 0 aromatic rings. The van der Waals surface area contributed by atoms with Crippen molar-refractivity contribution in [2.24, 2.45) is 5.73 Å². The van der Waals surface area contributed by atoms with Crippen molar-refractivity contribution in [3.63, 3.8) is 0 Å². The van der Waals surface area contributed by atoms with Crippen molar-refractivity contribution in [3.05, 3.63) is 0 Å². The molecule has 15 heavy (non-hydrogen) atoms. The molecule has 0 bridgehead atoms. The normalized spacial score (nSPS) is 10.5. The Labute approximate surface area is 90.2 Å². The number of nitrogens with zero attached hydrogens (tertiary/aromatic N) is 1. The highest BCUT2D eigenvalue weighted by atomic mass is 16.4. The van der Waals surface area contributed by atoms with Gasteiger partial charge in [-0.15, -0.1) is 0 Å². The number of ketones is 1. The smallest absolute Gasteiger partial charge is 0.320 e. The Bertz CT molecular complexity index is 262. The molecule has 0 fully saturated rings. The van der Waals surface area contributed by atoms with Crippen LogP contribution in [0.2, 0.25) is 0 Å². The summed E-state index contributed by atoms with van der Waals surface area (Å²) in [5.74, 6) is 4.12. The predicted molar refractivity (Wildman–Crippen MR) is 58.3 cm³/mol. The van der Waals surface area contributed by atoms with Crippen LogP contribution in [0.1, 0.15) is 13.8 Å². The van der Waals surface area contributed by atoms with E-state index < -0.39 is 12.0 Å². The summed E-state index contributed by atoms with van der Waals surface area (Å²) in [5, 5.41) is 7.87. The first-order valence-electron chi connectivity index (χ1n) is 4.40. The number of hydrogen-bond donors (Lipinski definition) is 2. The molecule has 0 heterocycles. The van der Waals surface area contributed by atoms with Crippen LogP contribution >= 0.6 is 0 Å². The molecule has 0 rings (SSSR count). The molecule has 0 aromatic carbocycles. The zero-order valence-corrected chi connectivity index (χ0v) is 9.57. The maximum absolute atomic E-state index is 10.2. The topological polar surface area (TPSA) is 83.6 Å². The molecular weight excluding hydrogens is 196 g/mol. The Morgan fingerprint density at radius 3 is 2.07 bits per heavy atom. The van der Waals surface area contributed by atoms with E-state index in [1.807, 2.05) is 19.0 Å². The maximum atomic E-state index is 10.2. The Morgan fingerprint density at radius 2 is 1.87 bits per heavy atom. The van der Waals surface area contributed by atoms with Crippen molar-refractivity contribution < 1.29 is 14.7 Å². The van der Waals surface area contributed by atoms with Gasteiger partial charge in [-0.05, 0) is 26.9 Å². The lowest BCUT2D eigenvalue weighted by Gasteiger charge is -2.00. The zero-order chi connectivity index (χ0) is 12.4. The quantitative estimate of drug-likeness (QED) is 0.481. The summed E-state index contributed by atoms with van der Waals surface area (Å²) < 4.78 is 0. The number of aliphatic carboxylic acids is 1. The molecule has 0 saturated carbocycles. The number of rotatable bonds is 2. The highest BCUT2D eigenvalue weighted by Crippen LogP contribution is 1.69. The fraction of sp³-hybridized carbons (Fsp3) is 0.600. The number of Topliss-reactive ketones (excluding diaryl/α,β-unsaturated/α-hetero) is 1. The van der Waals surface area contributed by atoms with Gasteiger partial charge >= 0.3 is 5.97 Å². The first kappa shape index (κ1) is 16.1. The molecule has 86 valence electrons. The van der Waals surface area contributed by atoms with Gasteiger partial charge < -0.3 is 10.8 Å². The van der Waals surface area contributed by atoms with E-state index in [4.69, 9.17) is 10.8 Å². The van der Waals surface area contributed by atoms with E-state index in [1.165, 1.54) is 13.8 Å². The number of hydrogen-bond acceptors (Lipinski definition) is 4. The van der Waals surface area contributed by atoms with Crippen molar-refractivity contribution in [1.29, 1.82) is 0 Å². The van der Waals surface area contributed by atoms with Gasteiger partial charge in [0.2, 0.25) is 5.78 Å². The molecular formula is C10H18N2O3. The molecule has 5 heteroatoms. The number of carbonyl (C=O) groups is 2. The minimum absolute atomic E-state index is 0.0724. The summed E-state index contributed by atoms with van der Waals surface area (Å²) in [5.41, 5.74) is 4.84. The second-order valence-corrected chi connectivity index (χ2v) is 3.22. The average molecular weight is 214 g/mol. The number of nitrogens with two attached hydrogens (primary N) is 1. The van der Waals surface area contributed by atoms with Gasteiger partial charge in [0.15, 0.2) is 0 Å². The molecule has 0 radical (unpaired) electrons. The molecule has 0 aromatic heterocycles. The van der Waals surface area contributed by atoms with E-state index in [0.717, 1.165) is 0 Å². The van der Waals surface area contributed by atoms with E-state index in [-0.39, 0.29) is 5.78 Å². The van der Waals surface area contributed by atoms with Crippen LogP contribution < -0.4 is 5.73 Å². The van der Waals surface area contributed by atoms with E-state index in [0.29, 0.717) is 6.54 Å². The largest absolute Gasteiger partial charge is 0.480 e. The first-order chi connectivity index (χ1) is 6.77. The molecule has 0 aliphatic heterocycles. The van der Waals surface area contributed by atoms with Crippen LogP contribution in [0.25, 0.3) is 0 Å². The molecule has 0 aliphatic carbocycles. The third-order valence-electron chi connectivity index (χ3n) is 1.05. The van der Waals surface area contributed by atoms with Gasteiger partial charge in [-0.25, -0.2) is 0 Å². The zero-order valence-electron chi connectivity index (χ0n) is 9.57. The number of carboxylic acid groups (broad SMARTS) is 1. The minimum atomic E-state index is -0.963. The minimum Gasteiger partial charge on any atom is -0.480 e. The lowest BCUT2D eigenvalue weighted by molar-refractivity contribution is -0.138. The van der Waals surface area contributed by atoms with Crippen LogP contribution in [0, 0.1) is 11.8 Å². The van der Waals surface area contributed by atoms with Gasteiger partial charge in [-0.3, -0.25) is 14.5 Å². The van der Waals surface area contributed by atoms with Crippen LogP contribution in [0.3, 0.4) is 0 Å². The number of carboxylic acids is 1. The standard InChI is InChI=1S/C7H11NO.C3H7NO2/c1-7(9)5-4-6-8(2)3;1-2(4)3(5)6/h6H2,1-3H3;2H,4H2,1H3,(H,5,6)/t;2-/m.0/s1.